The predicted molar refractivity (Wildman–Crippen MR) is 57.1 cm³/mol. The number of pyridine rings is 1. The number of hydrogen-bond acceptors (Lipinski definition) is 3. The molecule has 7 heteroatoms. The van der Waals surface area contributed by atoms with Crippen molar-refractivity contribution in [1.29, 1.82) is 0 Å². The molecule has 0 spiro atoms. The largest absolute Gasteiger partial charge is 0.481 e. The van der Waals surface area contributed by atoms with Gasteiger partial charge in [-0.05, 0) is 12.1 Å². The highest BCUT2D eigenvalue weighted by molar-refractivity contribution is 5.16. The molecule has 0 saturated heterocycles. The van der Waals surface area contributed by atoms with Gasteiger partial charge in [-0.1, -0.05) is 6.07 Å². The molecule has 18 heavy (non-hydrogen) atoms. The van der Waals surface area contributed by atoms with Gasteiger partial charge in [-0.25, -0.2) is 4.98 Å². The molecule has 4 nitrogen and oxygen atoms in total. The second-order valence-corrected chi connectivity index (χ2v) is 3.57. The summed E-state index contributed by atoms with van der Waals surface area (Å²) in [6.45, 7) is 0.160. The fourth-order valence-electron chi connectivity index (χ4n) is 1.43. The first-order valence-electron chi connectivity index (χ1n) is 5.09. The van der Waals surface area contributed by atoms with Crippen molar-refractivity contribution in [1.82, 2.24) is 14.8 Å². The van der Waals surface area contributed by atoms with E-state index in [1.165, 1.54) is 18.0 Å². The van der Waals surface area contributed by atoms with Crippen LogP contribution < -0.4 is 4.74 Å². The van der Waals surface area contributed by atoms with Crippen molar-refractivity contribution in [3.05, 3.63) is 41.9 Å². The molecule has 0 bridgehead atoms. The van der Waals surface area contributed by atoms with Crippen LogP contribution in [-0.4, -0.2) is 21.9 Å². The SMILES string of the molecule is COc1cccc(Cn2ccc(C(F)(F)F)n2)n1. The second kappa shape index (κ2) is 4.67. The number of aromatic nitrogens is 3. The molecule has 0 amide bonds. The Hall–Kier alpha value is -2.05. The molecule has 0 aliphatic heterocycles. The van der Waals surface area contributed by atoms with Gasteiger partial charge in [0.2, 0.25) is 5.88 Å². The summed E-state index contributed by atoms with van der Waals surface area (Å²) < 4.78 is 43.2. The minimum atomic E-state index is -4.42. The summed E-state index contributed by atoms with van der Waals surface area (Å²) in [4.78, 5) is 4.09. The van der Waals surface area contributed by atoms with Crippen LogP contribution >= 0.6 is 0 Å². The Kier molecular flexibility index (Phi) is 3.22. The number of alkyl halides is 3. The first kappa shape index (κ1) is 12.4. The van der Waals surface area contributed by atoms with E-state index in [-0.39, 0.29) is 6.54 Å². The van der Waals surface area contributed by atoms with Crippen molar-refractivity contribution in [3.8, 4) is 5.88 Å². The maximum atomic E-state index is 12.3. The summed E-state index contributed by atoms with van der Waals surface area (Å²) in [7, 11) is 1.47. The maximum absolute atomic E-state index is 12.3. The first-order chi connectivity index (χ1) is 8.49. The van der Waals surface area contributed by atoms with Crippen LogP contribution in [0.2, 0.25) is 0 Å². The summed E-state index contributed by atoms with van der Waals surface area (Å²) in [5, 5.41) is 3.44. The third-order valence-electron chi connectivity index (χ3n) is 2.25. The lowest BCUT2D eigenvalue weighted by Gasteiger charge is -2.04. The van der Waals surface area contributed by atoms with E-state index in [1.54, 1.807) is 18.2 Å². The molecule has 96 valence electrons. The standard InChI is InChI=1S/C11H10F3N3O/c1-18-10-4-2-3-8(15-10)7-17-6-5-9(16-17)11(12,13)14/h2-6H,7H2,1H3. The minimum absolute atomic E-state index is 0.160. The first-order valence-corrected chi connectivity index (χ1v) is 5.09. The lowest BCUT2D eigenvalue weighted by Crippen LogP contribution is -2.09. The normalized spacial score (nSPS) is 11.6. The number of nitrogens with zero attached hydrogens (tertiary/aromatic N) is 3. The average molecular weight is 257 g/mol. The van der Waals surface area contributed by atoms with Crippen molar-refractivity contribution in [2.75, 3.05) is 7.11 Å². The Bertz CT molecular complexity index is 536. The Morgan fingerprint density at radius 2 is 2.06 bits per heavy atom. The fourth-order valence-corrected chi connectivity index (χ4v) is 1.43. The summed E-state index contributed by atoms with van der Waals surface area (Å²) in [6.07, 6.45) is -3.16. The van der Waals surface area contributed by atoms with E-state index in [2.05, 4.69) is 10.1 Å². The summed E-state index contributed by atoms with van der Waals surface area (Å²) in [6, 6.07) is 6.00. The fraction of sp³-hybridized carbons (Fsp3) is 0.273. The van der Waals surface area contributed by atoms with E-state index in [4.69, 9.17) is 4.74 Å². The van der Waals surface area contributed by atoms with Crippen LogP contribution in [0.5, 0.6) is 5.88 Å². The predicted octanol–water partition coefficient (Wildman–Crippen LogP) is 2.35. The third kappa shape index (κ3) is 2.79. The Labute approximate surface area is 101 Å². The molecular formula is C11H10F3N3O. The topological polar surface area (TPSA) is 39.9 Å². The molecule has 0 aliphatic rings. The molecule has 0 aliphatic carbocycles. The van der Waals surface area contributed by atoms with E-state index < -0.39 is 11.9 Å². The zero-order chi connectivity index (χ0) is 13.2. The van der Waals surface area contributed by atoms with Crippen molar-refractivity contribution in [3.63, 3.8) is 0 Å². The lowest BCUT2D eigenvalue weighted by molar-refractivity contribution is -0.141. The summed E-state index contributed by atoms with van der Waals surface area (Å²) in [5.41, 5.74) is -0.337. The van der Waals surface area contributed by atoms with Gasteiger partial charge < -0.3 is 4.74 Å². The van der Waals surface area contributed by atoms with Crippen LogP contribution in [0.25, 0.3) is 0 Å². The zero-order valence-corrected chi connectivity index (χ0v) is 9.48. The van der Waals surface area contributed by atoms with Gasteiger partial charge in [-0.15, -0.1) is 0 Å². The monoisotopic (exact) mass is 257 g/mol. The van der Waals surface area contributed by atoms with Gasteiger partial charge in [-0.2, -0.15) is 18.3 Å². The number of rotatable bonds is 3. The molecule has 0 fully saturated rings. The molecule has 2 heterocycles. The van der Waals surface area contributed by atoms with Crippen LogP contribution in [0.15, 0.2) is 30.5 Å². The van der Waals surface area contributed by atoms with E-state index in [0.29, 0.717) is 11.6 Å². The Morgan fingerprint density at radius 1 is 1.28 bits per heavy atom. The lowest BCUT2D eigenvalue weighted by atomic mass is 10.3. The van der Waals surface area contributed by atoms with Gasteiger partial charge >= 0.3 is 6.18 Å². The number of methoxy groups -OCH3 is 1. The molecule has 0 N–H and O–H groups in total. The zero-order valence-electron chi connectivity index (χ0n) is 9.48. The van der Waals surface area contributed by atoms with Crippen molar-refractivity contribution in [2.45, 2.75) is 12.7 Å². The van der Waals surface area contributed by atoms with Crippen LogP contribution in [0.4, 0.5) is 13.2 Å². The van der Waals surface area contributed by atoms with Crippen LogP contribution in [0.3, 0.4) is 0 Å². The average Bonchev–Trinajstić information content (AvgIpc) is 2.77. The van der Waals surface area contributed by atoms with Crippen molar-refractivity contribution >= 4 is 0 Å². The number of halogens is 3. The molecule has 2 aromatic heterocycles. The van der Waals surface area contributed by atoms with Crippen molar-refractivity contribution in [2.24, 2.45) is 0 Å². The van der Waals surface area contributed by atoms with Crippen LogP contribution in [-0.2, 0) is 12.7 Å². The molecule has 0 atom stereocenters. The molecule has 0 radical (unpaired) electrons. The number of hydrogen-bond donors (Lipinski definition) is 0. The Morgan fingerprint density at radius 3 is 2.67 bits per heavy atom. The number of ether oxygens (including phenoxy) is 1. The van der Waals surface area contributed by atoms with Gasteiger partial charge in [0.1, 0.15) is 0 Å². The van der Waals surface area contributed by atoms with E-state index >= 15 is 0 Å². The quantitative estimate of drug-likeness (QED) is 0.847. The summed E-state index contributed by atoms with van der Waals surface area (Å²) in [5.74, 6) is 0.413. The molecule has 0 aromatic carbocycles. The molecule has 0 saturated carbocycles. The molecule has 0 unspecified atom stereocenters. The summed E-state index contributed by atoms with van der Waals surface area (Å²) >= 11 is 0. The van der Waals surface area contributed by atoms with Gasteiger partial charge in [-0.3, -0.25) is 4.68 Å². The molecule has 2 rings (SSSR count). The molecule has 2 aromatic rings. The highest BCUT2D eigenvalue weighted by Crippen LogP contribution is 2.27. The molecular weight excluding hydrogens is 247 g/mol. The van der Waals surface area contributed by atoms with Crippen LogP contribution in [0.1, 0.15) is 11.4 Å². The smallest absolute Gasteiger partial charge is 0.435 e. The highest BCUT2D eigenvalue weighted by atomic mass is 19.4. The minimum Gasteiger partial charge on any atom is -0.481 e. The maximum Gasteiger partial charge on any atom is 0.435 e. The highest BCUT2D eigenvalue weighted by Gasteiger charge is 2.33. The van der Waals surface area contributed by atoms with Gasteiger partial charge in [0, 0.05) is 12.3 Å². The van der Waals surface area contributed by atoms with Crippen LogP contribution in [0, 0.1) is 0 Å². The van der Waals surface area contributed by atoms with E-state index in [9.17, 15) is 13.2 Å². The van der Waals surface area contributed by atoms with Gasteiger partial charge in [0.05, 0.1) is 19.3 Å². The van der Waals surface area contributed by atoms with E-state index in [0.717, 1.165) is 6.07 Å². The van der Waals surface area contributed by atoms with Gasteiger partial charge in [0.15, 0.2) is 5.69 Å². The Balaban J connectivity index is 2.16. The third-order valence-corrected chi connectivity index (χ3v) is 2.25. The second-order valence-electron chi connectivity index (χ2n) is 3.57. The van der Waals surface area contributed by atoms with Gasteiger partial charge in [0.25, 0.3) is 0 Å². The van der Waals surface area contributed by atoms with Crippen molar-refractivity contribution < 1.29 is 17.9 Å². The van der Waals surface area contributed by atoms with E-state index in [1.807, 2.05) is 0 Å².